The van der Waals surface area contributed by atoms with Crippen molar-refractivity contribution >= 4 is 11.3 Å². The zero-order valence-corrected chi connectivity index (χ0v) is 9.53. The molecule has 0 amide bonds. The van der Waals surface area contributed by atoms with Gasteiger partial charge in [-0.25, -0.2) is 0 Å². The van der Waals surface area contributed by atoms with Gasteiger partial charge in [-0.05, 0) is 37.3 Å². The summed E-state index contributed by atoms with van der Waals surface area (Å²) in [7, 11) is 0. The van der Waals surface area contributed by atoms with Gasteiger partial charge in [0.25, 0.3) is 0 Å². The van der Waals surface area contributed by atoms with E-state index in [2.05, 4.69) is 19.1 Å². The van der Waals surface area contributed by atoms with Crippen molar-refractivity contribution in [3.63, 3.8) is 0 Å². The van der Waals surface area contributed by atoms with Crippen LogP contribution < -0.4 is 0 Å². The number of hydrogen-bond acceptors (Lipinski definition) is 2. The SMILES string of the molecule is CCC1Cc2cc(C(C)C#N)sc2C1. The second kappa shape index (κ2) is 3.74. The maximum Gasteiger partial charge on any atom is 0.0778 e. The molecular weight excluding hydrogens is 190 g/mol. The smallest absolute Gasteiger partial charge is 0.0778 e. The first-order valence-corrected chi connectivity index (χ1v) is 6.07. The fourth-order valence-electron chi connectivity index (χ4n) is 2.05. The lowest BCUT2D eigenvalue weighted by Gasteiger charge is -2.03. The topological polar surface area (TPSA) is 23.8 Å². The molecule has 0 N–H and O–H groups in total. The van der Waals surface area contributed by atoms with Gasteiger partial charge in [0.15, 0.2) is 0 Å². The Morgan fingerprint density at radius 2 is 2.43 bits per heavy atom. The lowest BCUT2D eigenvalue weighted by atomic mass is 10.0. The molecule has 2 atom stereocenters. The predicted octanol–water partition coefficient (Wildman–Crippen LogP) is 3.50. The molecule has 0 bridgehead atoms. The molecule has 74 valence electrons. The van der Waals surface area contributed by atoms with E-state index in [1.165, 1.54) is 34.6 Å². The zero-order chi connectivity index (χ0) is 10.1. The van der Waals surface area contributed by atoms with E-state index in [-0.39, 0.29) is 5.92 Å². The summed E-state index contributed by atoms with van der Waals surface area (Å²) >= 11 is 1.85. The molecule has 1 heterocycles. The van der Waals surface area contributed by atoms with Crippen LogP contribution in [0.5, 0.6) is 0 Å². The minimum absolute atomic E-state index is 0.0747. The first-order valence-electron chi connectivity index (χ1n) is 5.25. The Hall–Kier alpha value is -0.810. The van der Waals surface area contributed by atoms with Crippen LogP contribution in [-0.2, 0) is 12.8 Å². The fourth-order valence-corrected chi connectivity index (χ4v) is 3.35. The summed E-state index contributed by atoms with van der Waals surface area (Å²) in [5.74, 6) is 0.938. The van der Waals surface area contributed by atoms with Gasteiger partial charge in [-0.3, -0.25) is 0 Å². The van der Waals surface area contributed by atoms with E-state index in [9.17, 15) is 0 Å². The molecule has 1 aliphatic rings. The van der Waals surface area contributed by atoms with E-state index in [4.69, 9.17) is 5.26 Å². The monoisotopic (exact) mass is 205 g/mol. The van der Waals surface area contributed by atoms with Gasteiger partial charge in [0.2, 0.25) is 0 Å². The highest BCUT2D eigenvalue weighted by Gasteiger charge is 2.23. The summed E-state index contributed by atoms with van der Waals surface area (Å²) in [6.45, 7) is 4.25. The van der Waals surface area contributed by atoms with Crippen LogP contribution in [0.2, 0.25) is 0 Å². The molecule has 0 aliphatic heterocycles. The molecule has 2 rings (SSSR count). The van der Waals surface area contributed by atoms with E-state index in [1.54, 1.807) is 0 Å². The highest BCUT2D eigenvalue weighted by molar-refractivity contribution is 7.12. The van der Waals surface area contributed by atoms with Crippen molar-refractivity contribution in [3.05, 3.63) is 21.4 Å². The molecule has 2 heteroatoms. The molecule has 2 unspecified atom stereocenters. The van der Waals surface area contributed by atoms with Crippen molar-refractivity contribution in [2.45, 2.75) is 39.0 Å². The summed E-state index contributed by atoms with van der Waals surface area (Å²) in [6, 6.07) is 4.56. The van der Waals surface area contributed by atoms with Crippen molar-refractivity contribution < 1.29 is 0 Å². The normalized spacial score (nSPS) is 21.6. The van der Waals surface area contributed by atoms with E-state index >= 15 is 0 Å². The molecule has 0 spiro atoms. The van der Waals surface area contributed by atoms with Crippen LogP contribution in [0.25, 0.3) is 0 Å². The Kier molecular flexibility index (Phi) is 2.60. The van der Waals surface area contributed by atoms with Crippen LogP contribution in [-0.4, -0.2) is 0 Å². The Labute approximate surface area is 89.4 Å². The summed E-state index contributed by atoms with van der Waals surface area (Å²) in [5.41, 5.74) is 1.51. The molecule has 14 heavy (non-hydrogen) atoms. The number of nitriles is 1. The first-order chi connectivity index (χ1) is 6.74. The highest BCUT2D eigenvalue weighted by Crippen LogP contribution is 2.37. The zero-order valence-electron chi connectivity index (χ0n) is 8.71. The summed E-state index contributed by atoms with van der Waals surface area (Å²) < 4.78 is 0. The third kappa shape index (κ3) is 1.57. The van der Waals surface area contributed by atoms with E-state index in [0.717, 1.165) is 5.92 Å². The van der Waals surface area contributed by atoms with Gasteiger partial charge < -0.3 is 0 Å². The average molecular weight is 205 g/mol. The first kappa shape index (κ1) is 9.73. The number of fused-ring (bicyclic) bond motifs is 1. The molecule has 0 saturated heterocycles. The largest absolute Gasteiger partial charge is 0.198 e. The summed E-state index contributed by atoms with van der Waals surface area (Å²) in [5, 5.41) is 8.83. The molecule has 1 aromatic heterocycles. The number of nitrogens with zero attached hydrogens (tertiary/aromatic N) is 1. The van der Waals surface area contributed by atoms with Crippen molar-refractivity contribution in [2.75, 3.05) is 0 Å². The summed E-state index contributed by atoms with van der Waals surface area (Å²) in [6.07, 6.45) is 3.76. The Bertz CT molecular complexity index is 349. The number of thiophene rings is 1. The predicted molar refractivity (Wildman–Crippen MR) is 59.5 cm³/mol. The maximum atomic E-state index is 8.83. The van der Waals surface area contributed by atoms with Gasteiger partial charge in [0.1, 0.15) is 0 Å². The second-order valence-corrected chi connectivity index (χ2v) is 5.30. The van der Waals surface area contributed by atoms with E-state index in [0.29, 0.717) is 0 Å². The maximum absolute atomic E-state index is 8.83. The summed E-state index contributed by atoms with van der Waals surface area (Å²) in [4.78, 5) is 2.79. The molecule has 0 aromatic carbocycles. The van der Waals surface area contributed by atoms with Gasteiger partial charge in [-0.2, -0.15) is 5.26 Å². The molecule has 0 saturated carbocycles. The van der Waals surface area contributed by atoms with Crippen LogP contribution in [0.3, 0.4) is 0 Å². The van der Waals surface area contributed by atoms with Crippen molar-refractivity contribution in [2.24, 2.45) is 5.92 Å². The lowest BCUT2D eigenvalue weighted by molar-refractivity contribution is 0.544. The van der Waals surface area contributed by atoms with Gasteiger partial charge in [-0.15, -0.1) is 11.3 Å². The molecule has 0 fully saturated rings. The molecule has 1 aromatic rings. The van der Waals surface area contributed by atoms with Crippen LogP contribution >= 0.6 is 11.3 Å². The number of hydrogen-bond donors (Lipinski definition) is 0. The highest BCUT2D eigenvalue weighted by atomic mass is 32.1. The Morgan fingerprint density at radius 1 is 1.64 bits per heavy atom. The van der Waals surface area contributed by atoms with Gasteiger partial charge >= 0.3 is 0 Å². The molecule has 1 aliphatic carbocycles. The third-order valence-electron chi connectivity index (χ3n) is 3.10. The second-order valence-electron chi connectivity index (χ2n) is 4.13. The lowest BCUT2D eigenvalue weighted by Crippen LogP contribution is -1.96. The Balaban J connectivity index is 2.19. The quantitative estimate of drug-likeness (QED) is 0.725. The Morgan fingerprint density at radius 3 is 3.00 bits per heavy atom. The van der Waals surface area contributed by atoms with Crippen LogP contribution in [0.15, 0.2) is 6.07 Å². The van der Waals surface area contributed by atoms with Gasteiger partial charge in [-0.1, -0.05) is 13.3 Å². The van der Waals surface area contributed by atoms with Gasteiger partial charge in [0, 0.05) is 9.75 Å². The number of rotatable bonds is 2. The minimum atomic E-state index is 0.0747. The fraction of sp³-hybridized carbons (Fsp3) is 0.583. The minimum Gasteiger partial charge on any atom is -0.198 e. The van der Waals surface area contributed by atoms with E-state index in [1.807, 2.05) is 18.3 Å². The van der Waals surface area contributed by atoms with E-state index < -0.39 is 0 Å². The van der Waals surface area contributed by atoms with Crippen molar-refractivity contribution in [1.82, 2.24) is 0 Å². The van der Waals surface area contributed by atoms with Crippen LogP contribution in [0.4, 0.5) is 0 Å². The van der Waals surface area contributed by atoms with Crippen LogP contribution in [0, 0.1) is 17.2 Å². The molecule has 1 nitrogen and oxygen atoms in total. The standard InChI is InChI=1S/C12H15NS/c1-3-9-4-10-6-11(8(2)7-13)14-12(10)5-9/h6,8-9H,3-5H2,1-2H3. The van der Waals surface area contributed by atoms with Crippen LogP contribution in [0.1, 0.15) is 41.5 Å². The van der Waals surface area contributed by atoms with Crippen molar-refractivity contribution in [1.29, 1.82) is 5.26 Å². The third-order valence-corrected chi connectivity index (χ3v) is 4.48. The molecule has 0 radical (unpaired) electrons. The van der Waals surface area contributed by atoms with Gasteiger partial charge in [0.05, 0.1) is 12.0 Å². The van der Waals surface area contributed by atoms with Crippen molar-refractivity contribution in [3.8, 4) is 6.07 Å². The average Bonchev–Trinajstić information content (AvgIpc) is 2.72. The molecular formula is C12H15NS.